The van der Waals surface area contributed by atoms with E-state index in [-0.39, 0.29) is 5.41 Å². The molecule has 2 aromatic carbocycles. The summed E-state index contributed by atoms with van der Waals surface area (Å²) in [7, 11) is 1.37. The zero-order valence-electron chi connectivity index (χ0n) is 20.6. The van der Waals surface area contributed by atoms with Crippen molar-refractivity contribution < 1.29 is 9.53 Å². The van der Waals surface area contributed by atoms with Gasteiger partial charge in [-0.1, -0.05) is 63.2 Å². The van der Waals surface area contributed by atoms with E-state index < -0.39 is 5.97 Å². The van der Waals surface area contributed by atoms with Gasteiger partial charge in [0.15, 0.2) is 0 Å². The van der Waals surface area contributed by atoms with Crippen molar-refractivity contribution in [2.45, 2.75) is 33.1 Å². The molecule has 0 saturated carbocycles. The highest BCUT2D eigenvalue weighted by Gasteiger charge is 2.20. The summed E-state index contributed by atoms with van der Waals surface area (Å²) >= 11 is 0. The summed E-state index contributed by atoms with van der Waals surface area (Å²) in [6.45, 7) is 8.43. The standard InChI is InChI=1S/C30H27N3O2/c1-18-21(29(34)35-5)15-16-25(31-18)27-22-10-6-7-12-24(22)33-26(27)17-20-14-13-19-9-8-11-23(28(19)32-20)30(2,3)4/h6-17H,1-5H3. The van der Waals surface area contributed by atoms with E-state index in [4.69, 9.17) is 19.7 Å². The highest BCUT2D eigenvalue weighted by molar-refractivity contribution is 5.91. The minimum absolute atomic E-state index is 0.0215. The Hall–Kier alpha value is -4.12. The third-order valence-electron chi connectivity index (χ3n) is 6.25. The van der Waals surface area contributed by atoms with Gasteiger partial charge in [-0.15, -0.1) is 0 Å². The van der Waals surface area contributed by atoms with Gasteiger partial charge < -0.3 is 4.74 Å². The first-order valence-corrected chi connectivity index (χ1v) is 11.6. The van der Waals surface area contributed by atoms with Crippen molar-refractivity contribution in [3.63, 3.8) is 0 Å². The number of carbonyl (C=O) groups is 1. The Morgan fingerprint density at radius 1 is 0.914 bits per heavy atom. The molecule has 1 aliphatic rings. The lowest BCUT2D eigenvalue weighted by atomic mass is 9.85. The minimum atomic E-state index is -0.395. The highest BCUT2D eigenvalue weighted by atomic mass is 16.5. The monoisotopic (exact) mass is 461 g/mol. The van der Waals surface area contributed by atoms with Gasteiger partial charge in [0.25, 0.3) is 0 Å². The first-order chi connectivity index (χ1) is 16.8. The maximum atomic E-state index is 12.1. The molecule has 5 rings (SSSR count). The van der Waals surface area contributed by atoms with Crippen molar-refractivity contribution in [3.05, 3.63) is 111 Å². The molecule has 0 fully saturated rings. The first-order valence-electron chi connectivity index (χ1n) is 11.6. The predicted molar refractivity (Wildman–Crippen MR) is 138 cm³/mol. The molecule has 0 amide bonds. The molecule has 5 nitrogen and oxygen atoms in total. The number of methoxy groups -OCH3 is 1. The SMILES string of the molecule is COC(=O)c1ccc(C2=c3ccccc3=NC2=Cc2ccc3cccc(C(C)(C)C)c3n2)nc1C. The Balaban J connectivity index is 1.68. The number of fused-ring (bicyclic) bond motifs is 2. The fourth-order valence-electron chi connectivity index (χ4n) is 4.49. The fourth-order valence-corrected chi connectivity index (χ4v) is 4.49. The topological polar surface area (TPSA) is 64.4 Å². The summed E-state index contributed by atoms with van der Waals surface area (Å²) in [5.74, 6) is -0.395. The van der Waals surface area contributed by atoms with E-state index in [1.807, 2.05) is 49.4 Å². The van der Waals surface area contributed by atoms with Gasteiger partial charge >= 0.3 is 5.97 Å². The van der Waals surface area contributed by atoms with Crippen LogP contribution in [0.2, 0.25) is 0 Å². The number of pyridine rings is 2. The molecule has 0 N–H and O–H groups in total. The molecule has 0 radical (unpaired) electrons. The molecule has 0 atom stereocenters. The Morgan fingerprint density at radius 3 is 2.46 bits per heavy atom. The molecule has 3 heterocycles. The van der Waals surface area contributed by atoms with E-state index in [1.165, 1.54) is 12.7 Å². The smallest absolute Gasteiger partial charge is 0.339 e. The van der Waals surface area contributed by atoms with Gasteiger partial charge in [0.05, 0.1) is 46.3 Å². The number of aryl methyl sites for hydroxylation is 1. The van der Waals surface area contributed by atoms with Gasteiger partial charge in [-0.2, -0.15) is 0 Å². The summed E-state index contributed by atoms with van der Waals surface area (Å²) < 4.78 is 4.88. The van der Waals surface area contributed by atoms with Crippen LogP contribution in [0.3, 0.4) is 0 Å². The quantitative estimate of drug-likeness (QED) is 0.407. The molecule has 0 unspecified atom stereocenters. The van der Waals surface area contributed by atoms with E-state index in [9.17, 15) is 4.79 Å². The fraction of sp³-hybridized carbons (Fsp3) is 0.200. The van der Waals surface area contributed by atoms with Crippen LogP contribution in [-0.4, -0.2) is 23.0 Å². The second-order valence-electron chi connectivity index (χ2n) is 9.72. The Labute approximate surface area is 204 Å². The molecule has 1 aliphatic heterocycles. The number of hydrogen-bond donors (Lipinski definition) is 0. The number of rotatable bonds is 3. The highest BCUT2D eigenvalue weighted by Crippen LogP contribution is 2.30. The molecular formula is C30H27N3O2. The molecule has 4 aromatic rings. The number of aromatic nitrogens is 2. The van der Waals surface area contributed by atoms with Crippen LogP contribution < -0.4 is 10.6 Å². The van der Waals surface area contributed by atoms with E-state index >= 15 is 0 Å². The Bertz CT molecular complexity index is 1640. The number of hydrogen-bond acceptors (Lipinski definition) is 5. The van der Waals surface area contributed by atoms with Crippen LogP contribution in [0.25, 0.3) is 22.6 Å². The van der Waals surface area contributed by atoms with Crippen molar-refractivity contribution in [1.29, 1.82) is 0 Å². The lowest BCUT2D eigenvalue weighted by Crippen LogP contribution is -2.22. The molecule has 5 heteroatoms. The number of nitrogens with zero attached hydrogens (tertiary/aromatic N) is 3. The lowest BCUT2D eigenvalue weighted by molar-refractivity contribution is 0.0599. The van der Waals surface area contributed by atoms with Crippen LogP contribution in [0.15, 0.2) is 77.4 Å². The first kappa shape index (κ1) is 22.7. The Morgan fingerprint density at radius 2 is 1.71 bits per heavy atom. The molecule has 0 bridgehead atoms. The minimum Gasteiger partial charge on any atom is -0.465 e. The molecule has 0 saturated heterocycles. The van der Waals surface area contributed by atoms with Crippen LogP contribution in [0, 0.1) is 6.92 Å². The van der Waals surface area contributed by atoms with Crippen LogP contribution in [0.4, 0.5) is 0 Å². The van der Waals surface area contributed by atoms with Crippen LogP contribution in [0.1, 0.15) is 53.8 Å². The maximum Gasteiger partial charge on any atom is 0.339 e. The summed E-state index contributed by atoms with van der Waals surface area (Å²) in [4.78, 5) is 26.8. The van der Waals surface area contributed by atoms with Crippen LogP contribution >= 0.6 is 0 Å². The van der Waals surface area contributed by atoms with Gasteiger partial charge in [0, 0.05) is 16.2 Å². The summed E-state index contributed by atoms with van der Waals surface area (Å²) in [6.07, 6.45) is 2.01. The maximum absolute atomic E-state index is 12.1. The molecular weight excluding hydrogens is 434 g/mol. The van der Waals surface area contributed by atoms with Crippen molar-refractivity contribution in [3.8, 4) is 0 Å². The summed E-state index contributed by atoms with van der Waals surface area (Å²) in [5, 5.41) is 3.01. The van der Waals surface area contributed by atoms with E-state index in [0.717, 1.165) is 44.1 Å². The third-order valence-corrected chi connectivity index (χ3v) is 6.25. The second-order valence-corrected chi connectivity index (χ2v) is 9.72. The molecule has 174 valence electrons. The van der Waals surface area contributed by atoms with Gasteiger partial charge in [0.1, 0.15) is 0 Å². The van der Waals surface area contributed by atoms with Crippen LogP contribution in [-0.2, 0) is 10.2 Å². The zero-order chi connectivity index (χ0) is 24.7. The number of benzene rings is 2. The number of ether oxygens (including phenoxy) is 1. The number of esters is 1. The predicted octanol–water partition coefficient (Wildman–Crippen LogP) is 4.90. The molecule has 2 aromatic heterocycles. The van der Waals surface area contributed by atoms with Gasteiger partial charge in [0.2, 0.25) is 0 Å². The number of para-hydroxylation sites is 2. The lowest BCUT2D eigenvalue weighted by Gasteiger charge is -2.20. The van der Waals surface area contributed by atoms with Crippen LogP contribution in [0.5, 0.6) is 0 Å². The summed E-state index contributed by atoms with van der Waals surface area (Å²) in [5.41, 5.74) is 6.57. The molecule has 35 heavy (non-hydrogen) atoms. The van der Waals surface area contributed by atoms with E-state index in [1.54, 1.807) is 6.07 Å². The Kier molecular flexibility index (Phi) is 5.56. The largest absolute Gasteiger partial charge is 0.465 e. The number of allylic oxidation sites excluding steroid dienone is 1. The van der Waals surface area contributed by atoms with Crippen molar-refractivity contribution in [2.75, 3.05) is 7.11 Å². The molecule has 0 spiro atoms. The number of carbonyl (C=O) groups excluding carboxylic acids is 1. The van der Waals surface area contributed by atoms with Gasteiger partial charge in [-0.05, 0) is 48.2 Å². The second kappa shape index (κ2) is 8.58. The zero-order valence-corrected chi connectivity index (χ0v) is 20.6. The normalized spacial score (nSPS) is 14.2. The third kappa shape index (κ3) is 4.14. The molecule has 0 aliphatic carbocycles. The van der Waals surface area contributed by atoms with Crippen molar-refractivity contribution in [1.82, 2.24) is 9.97 Å². The summed E-state index contributed by atoms with van der Waals surface area (Å²) in [6, 6.07) is 22.1. The van der Waals surface area contributed by atoms with Crippen molar-refractivity contribution >= 4 is 28.5 Å². The average Bonchev–Trinajstić information content (AvgIpc) is 3.20. The average molecular weight is 462 g/mol. The van der Waals surface area contributed by atoms with E-state index in [2.05, 4.69) is 45.0 Å². The van der Waals surface area contributed by atoms with Gasteiger partial charge in [-0.25, -0.2) is 14.8 Å². The van der Waals surface area contributed by atoms with Crippen molar-refractivity contribution in [2.24, 2.45) is 4.99 Å². The van der Waals surface area contributed by atoms with E-state index in [0.29, 0.717) is 11.3 Å². The van der Waals surface area contributed by atoms with Gasteiger partial charge in [-0.3, -0.25) is 4.98 Å².